The zero-order valence-corrected chi connectivity index (χ0v) is 8.40. The number of halogens is 3. The van der Waals surface area contributed by atoms with Crippen LogP contribution in [0, 0.1) is 0 Å². The Kier molecular flexibility index (Phi) is 2.85. The van der Waals surface area contributed by atoms with Gasteiger partial charge in [0.05, 0.1) is 6.42 Å². The smallest absolute Gasteiger partial charge is 0.252 e. The summed E-state index contributed by atoms with van der Waals surface area (Å²) >= 11 is 2.97. The normalized spacial score (nSPS) is 11.7. The fraction of sp³-hybridized carbons (Fsp3) is 0.375. The molecule has 1 aromatic heterocycles. The summed E-state index contributed by atoms with van der Waals surface area (Å²) in [5.74, 6) is -3.73. The molecule has 0 aliphatic rings. The van der Waals surface area contributed by atoms with Crippen LogP contribution in [-0.2, 0) is 0 Å². The first kappa shape index (κ1) is 10.4. The van der Waals surface area contributed by atoms with Crippen LogP contribution in [0.5, 0.6) is 0 Å². The van der Waals surface area contributed by atoms with Crippen molar-refractivity contribution in [3.8, 4) is 0 Å². The van der Waals surface area contributed by atoms with E-state index in [1.54, 1.807) is 0 Å². The van der Waals surface area contributed by atoms with E-state index in [9.17, 15) is 13.6 Å². The van der Waals surface area contributed by atoms with Crippen molar-refractivity contribution in [1.29, 1.82) is 0 Å². The quantitative estimate of drug-likeness (QED) is 0.774. The molecule has 0 amide bonds. The van der Waals surface area contributed by atoms with Crippen molar-refractivity contribution >= 4 is 21.7 Å². The molecule has 1 rings (SSSR count). The molecule has 0 saturated heterocycles. The zero-order valence-electron chi connectivity index (χ0n) is 6.81. The van der Waals surface area contributed by atoms with Crippen LogP contribution in [0.2, 0.25) is 0 Å². The van der Waals surface area contributed by atoms with Gasteiger partial charge in [0, 0.05) is 0 Å². The first-order valence-corrected chi connectivity index (χ1v) is 4.34. The summed E-state index contributed by atoms with van der Waals surface area (Å²) in [6.45, 7) is 0.697. The maximum absolute atomic E-state index is 12.4. The Morgan fingerprint density at radius 2 is 2.23 bits per heavy atom. The second-order valence-electron chi connectivity index (χ2n) is 2.77. The lowest BCUT2D eigenvalue weighted by atomic mass is 10.1. The van der Waals surface area contributed by atoms with Crippen molar-refractivity contribution in [1.82, 2.24) is 0 Å². The molecule has 72 valence electrons. The zero-order chi connectivity index (χ0) is 10.1. The Hall–Kier alpha value is -0.710. The van der Waals surface area contributed by atoms with E-state index in [1.165, 1.54) is 12.1 Å². The second-order valence-corrected chi connectivity index (χ2v) is 3.56. The highest BCUT2D eigenvalue weighted by Gasteiger charge is 2.27. The number of hydrogen-bond acceptors (Lipinski definition) is 2. The highest BCUT2D eigenvalue weighted by Crippen LogP contribution is 2.22. The Labute approximate surface area is 82.0 Å². The highest BCUT2D eigenvalue weighted by molar-refractivity contribution is 9.10. The van der Waals surface area contributed by atoms with E-state index in [0.29, 0.717) is 11.6 Å². The molecule has 0 spiro atoms. The molecule has 1 heterocycles. The Balaban J connectivity index is 2.70. The molecule has 0 N–H and O–H groups in total. The summed E-state index contributed by atoms with van der Waals surface area (Å²) in [6.07, 6.45) is -0.826. The van der Waals surface area contributed by atoms with Crippen LogP contribution in [0.1, 0.15) is 23.9 Å². The van der Waals surface area contributed by atoms with Gasteiger partial charge in [-0.1, -0.05) is 0 Å². The van der Waals surface area contributed by atoms with Crippen LogP contribution < -0.4 is 0 Å². The molecule has 2 nitrogen and oxygen atoms in total. The number of hydrogen-bond donors (Lipinski definition) is 0. The van der Waals surface area contributed by atoms with Gasteiger partial charge in [-0.3, -0.25) is 4.79 Å². The first-order chi connectivity index (χ1) is 5.88. The van der Waals surface area contributed by atoms with Gasteiger partial charge in [0.2, 0.25) is 5.78 Å². The molecule has 0 saturated carbocycles. The summed E-state index contributed by atoms with van der Waals surface area (Å²) in [4.78, 5) is 11.1. The van der Waals surface area contributed by atoms with Crippen molar-refractivity contribution in [2.24, 2.45) is 0 Å². The Bertz CT molecular complexity index is 314. The van der Waals surface area contributed by atoms with Crippen LogP contribution in [0.3, 0.4) is 0 Å². The number of Topliss-reactive ketones (excluding diaryl/α,β-unsaturated/α-hetero) is 1. The molecule has 0 aromatic carbocycles. The standard InChI is InChI=1S/C8H7BrF2O2/c1-8(10,11)4-5(12)6-2-3-7(9)13-6/h2-3H,4H2,1H3. The molecular formula is C8H7BrF2O2. The van der Waals surface area contributed by atoms with Crippen LogP contribution in [0.4, 0.5) is 8.78 Å². The molecule has 0 atom stereocenters. The Morgan fingerprint density at radius 1 is 1.62 bits per heavy atom. The maximum Gasteiger partial charge on any atom is 0.252 e. The number of carbonyl (C=O) groups is 1. The van der Waals surface area contributed by atoms with E-state index in [-0.39, 0.29) is 5.76 Å². The predicted octanol–water partition coefficient (Wildman–Crippen LogP) is 3.27. The summed E-state index contributed by atoms with van der Waals surface area (Å²) in [5.41, 5.74) is 0. The van der Waals surface area contributed by atoms with E-state index in [1.807, 2.05) is 0 Å². The molecule has 0 radical (unpaired) electrons. The minimum atomic E-state index is -2.99. The fourth-order valence-electron chi connectivity index (χ4n) is 0.833. The highest BCUT2D eigenvalue weighted by atomic mass is 79.9. The van der Waals surface area contributed by atoms with Crippen LogP contribution in [0.25, 0.3) is 0 Å². The van der Waals surface area contributed by atoms with E-state index < -0.39 is 18.1 Å². The van der Waals surface area contributed by atoms with Crippen molar-refractivity contribution < 1.29 is 18.0 Å². The lowest BCUT2D eigenvalue weighted by Gasteiger charge is -2.06. The molecule has 5 heteroatoms. The monoisotopic (exact) mass is 252 g/mol. The Morgan fingerprint density at radius 3 is 2.62 bits per heavy atom. The summed E-state index contributed by atoms with van der Waals surface area (Å²) in [6, 6.07) is 2.85. The summed E-state index contributed by atoms with van der Waals surface area (Å²) in [5, 5.41) is 0. The van der Waals surface area contributed by atoms with Crippen LogP contribution >= 0.6 is 15.9 Å². The summed E-state index contributed by atoms with van der Waals surface area (Å²) in [7, 11) is 0. The number of ketones is 1. The lowest BCUT2D eigenvalue weighted by Crippen LogP contribution is -2.16. The van der Waals surface area contributed by atoms with Crippen molar-refractivity contribution in [3.05, 3.63) is 22.6 Å². The number of carbonyl (C=O) groups excluding carboxylic acids is 1. The van der Waals surface area contributed by atoms with E-state index >= 15 is 0 Å². The van der Waals surface area contributed by atoms with Gasteiger partial charge in [-0.25, -0.2) is 8.78 Å². The van der Waals surface area contributed by atoms with Gasteiger partial charge in [0.15, 0.2) is 10.4 Å². The lowest BCUT2D eigenvalue weighted by molar-refractivity contribution is 0.0146. The minimum Gasteiger partial charge on any atom is -0.446 e. The molecule has 13 heavy (non-hydrogen) atoms. The SMILES string of the molecule is CC(F)(F)CC(=O)c1ccc(Br)o1. The topological polar surface area (TPSA) is 30.2 Å². The van der Waals surface area contributed by atoms with Gasteiger partial charge in [0.1, 0.15) is 0 Å². The molecule has 0 fully saturated rings. The number of rotatable bonds is 3. The molecular weight excluding hydrogens is 246 g/mol. The molecule has 0 unspecified atom stereocenters. The van der Waals surface area contributed by atoms with E-state index in [0.717, 1.165) is 0 Å². The van der Waals surface area contributed by atoms with E-state index in [2.05, 4.69) is 15.9 Å². The van der Waals surface area contributed by atoms with Gasteiger partial charge in [-0.05, 0) is 35.0 Å². The largest absolute Gasteiger partial charge is 0.446 e. The molecule has 0 aliphatic heterocycles. The minimum absolute atomic E-state index is 0.0478. The number of furan rings is 1. The summed E-state index contributed by atoms with van der Waals surface area (Å²) < 4.78 is 30.0. The third-order valence-corrected chi connectivity index (χ3v) is 1.75. The maximum atomic E-state index is 12.4. The third-order valence-electron chi connectivity index (χ3n) is 1.32. The molecule has 1 aromatic rings. The van der Waals surface area contributed by atoms with Crippen molar-refractivity contribution in [3.63, 3.8) is 0 Å². The van der Waals surface area contributed by atoms with E-state index in [4.69, 9.17) is 4.42 Å². The average molecular weight is 253 g/mol. The van der Waals surface area contributed by atoms with Crippen molar-refractivity contribution in [2.75, 3.05) is 0 Å². The fourth-order valence-corrected chi connectivity index (χ4v) is 1.14. The van der Waals surface area contributed by atoms with Gasteiger partial charge in [-0.15, -0.1) is 0 Å². The molecule has 0 bridgehead atoms. The van der Waals surface area contributed by atoms with Gasteiger partial charge in [-0.2, -0.15) is 0 Å². The third kappa shape index (κ3) is 3.26. The number of alkyl halides is 2. The van der Waals surface area contributed by atoms with Crippen LogP contribution in [-0.4, -0.2) is 11.7 Å². The van der Waals surface area contributed by atoms with Gasteiger partial charge in [0.25, 0.3) is 5.92 Å². The molecule has 0 aliphatic carbocycles. The van der Waals surface area contributed by atoms with Crippen molar-refractivity contribution in [2.45, 2.75) is 19.3 Å². The van der Waals surface area contributed by atoms with Crippen LogP contribution in [0.15, 0.2) is 21.2 Å². The van der Waals surface area contributed by atoms with Gasteiger partial charge < -0.3 is 4.42 Å². The predicted molar refractivity (Wildman–Crippen MR) is 46.0 cm³/mol. The second kappa shape index (κ2) is 3.57. The first-order valence-electron chi connectivity index (χ1n) is 3.55. The van der Waals surface area contributed by atoms with Gasteiger partial charge >= 0.3 is 0 Å². The average Bonchev–Trinajstić information content (AvgIpc) is 2.31.